The third-order valence-electron chi connectivity index (χ3n) is 1.22. The van der Waals surface area contributed by atoms with Gasteiger partial charge in [-0.05, 0) is 19.1 Å². The van der Waals surface area contributed by atoms with Crippen molar-refractivity contribution in [1.82, 2.24) is 0 Å². The van der Waals surface area contributed by atoms with Crippen LogP contribution in [-0.2, 0) is 0 Å². The molecule has 0 aliphatic rings. The first kappa shape index (κ1) is 6.57. The minimum atomic E-state index is 1.05. The lowest BCUT2D eigenvalue weighted by atomic mass is 10.2. The predicted octanol–water partition coefficient (Wildman–Crippen LogP) is 2.42. The Labute approximate surface area is 57.0 Å². The highest BCUT2D eigenvalue weighted by atomic mass is 31.0. The van der Waals surface area contributed by atoms with Gasteiger partial charge in [0, 0.05) is 0 Å². The van der Waals surface area contributed by atoms with Crippen LogP contribution >= 0.6 is 9.03 Å². The van der Waals surface area contributed by atoms with E-state index in [0.717, 1.165) is 5.69 Å². The van der Waals surface area contributed by atoms with Gasteiger partial charge in [-0.1, -0.05) is 26.7 Å². The zero-order valence-electron chi connectivity index (χ0n) is 5.46. The summed E-state index contributed by atoms with van der Waals surface area (Å²) in [7, 11) is 1.62. The molecular formula is C7H10NP. The molecule has 0 saturated heterocycles. The molecule has 0 radical (unpaired) electrons. The van der Waals surface area contributed by atoms with Crippen molar-refractivity contribution in [3.05, 3.63) is 29.8 Å². The largest absolute Gasteiger partial charge is 0.277 e. The molecule has 1 aromatic rings. The van der Waals surface area contributed by atoms with E-state index in [-0.39, 0.29) is 0 Å². The van der Waals surface area contributed by atoms with E-state index in [0.29, 0.717) is 0 Å². The Morgan fingerprint density at radius 2 is 1.78 bits per heavy atom. The lowest BCUT2D eigenvalue weighted by molar-refractivity contribution is 1.45. The first-order chi connectivity index (χ1) is 4.33. The first-order valence-electron chi connectivity index (χ1n) is 2.86. The van der Waals surface area contributed by atoms with Gasteiger partial charge in [-0.25, -0.2) is 0 Å². The second-order valence-electron chi connectivity index (χ2n) is 1.99. The third kappa shape index (κ3) is 1.69. The molecule has 1 aromatic carbocycles. The summed E-state index contributed by atoms with van der Waals surface area (Å²) in [6.45, 7) is 2.07. The SMILES string of the molecule is Cc1ccc(N=[PH3])cc1. The Bertz CT molecular complexity index is 203. The highest BCUT2D eigenvalue weighted by Gasteiger charge is 1.83. The number of nitrogens with zero attached hydrogens (tertiary/aromatic N) is 1. The maximum Gasteiger partial charge on any atom is 0.0604 e. The molecule has 2 heteroatoms. The molecule has 0 saturated carbocycles. The third-order valence-corrected chi connectivity index (χ3v) is 1.58. The maximum absolute atomic E-state index is 4.04. The molecule has 0 fully saturated rings. The van der Waals surface area contributed by atoms with E-state index in [9.17, 15) is 0 Å². The van der Waals surface area contributed by atoms with E-state index in [1.807, 2.05) is 12.1 Å². The molecule has 0 bridgehead atoms. The zero-order valence-corrected chi connectivity index (χ0v) is 6.88. The van der Waals surface area contributed by atoms with Gasteiger partial charge in [0.05, 0.1) is 5.69 Å². The molecule has 48 valence electrons. The van der Waals surface area contributed by atoms with Crippen LogP contribution in [0.15, 0.2) is 29.0 Å². The summed E-state index contributed by atoms with van der Waals surface area (Å²) in [5.74, 6) is 0. The summed E-state index contributed by atoms with van der Waals surface area (Å²) in [5, 5.41) is 0. The lowest BCUT2D eigenvalue weighted by Gasteiger charge is -1.91. The van der Waals surface area contributed by atoms with Crippen molar-refractivity contribution in [2.75, 3.05) is 0 Å². The zero-order chi connectivity index (χ0) is 6.69. The number of hydrogen-bond acceptors (Lipinski definition) is 1. The fourth-order valence-corrected chi connectivity index (χ4v) is 0.861. The second kappa shape index (κ2) is 2.84. The van der Waals surface area contributed by atoms with E-state index in [1.165, 1.54) is 5.56 Å². The molecule has 0 aromatic heterocycles. The Morgan fingerprint density at radius 1 is 1.22 bits per heavy atom. The molecule has 1 atom stereocenters. The second-order valence-corrected chi connectivity index (χ2v) is 2.31. The predicted molar refractivity (Wildman–Crippen MR) is 44.4 cm³/mol. The van der Waals surface area contributed by atoms with E-state index in [1.54, 1.807) is 9.03 Å². The summed E-state index contributed by atoms with van der Waals surface area (Å²) in [6.07, 6.45) is 0. The van der Waals surface area contributed by atoms with Gasteiger partial charge in [-0.2, -0.15) is 0 Å². The summed E-state index contributed by atoms with van der Waals surface area (Å²) < 4.78 is 4.04. The number of aryl methyl sites for hydroxylation is 1. The van der Waals surface area contributed by atoms with E-state index in [4.69, 9.17) is 0 Å². The lowest BCUT2D eigenvalue weighted by Crippen LogP contribution is -1.65. The van der Waals surface area contributed by atoms with Gasteiger partial charge in [0.2, 0.25) is 0 Å². The van der Waals surface area contributed by atoms with Crippen LogP contribution in [0.25, 0.3) is 0 Å². The molecule has 0 aliphatic carbocycles. The fraction of sp³-hybridized carbons (Fsp3) is 0.143. The van der Waals surface area contributed by atoms with E-state index < -0.39 is 0 Å². The Morgan fingerprint density at radius 3 is 2.22 bits per heavy atom. The molecule has 0 amide bonds. The first-order valence-corrected chi connectivity index (χ1v) is 3.49. The highest BCUT2D eigenvalue weighted by Crippen LogP contribution is 2.12. The minimum Gasteiger partial charge on any atom is -0.277 e. The summed E-state index contributed by atoms with van der Waals surface area (Å²) in [5.41, 5.74) is 2.34. The molecule has 0 aliphatic heterocycles. The van der Waals surface area contributed by atoms with Crippen molar-refractivity contribution >= 4 is 14.7 Å². The van der Waals surface area contributed by atoms with Crippen molar-refractivity contribution in [3.63, 3.8) is 0 Å². The van der Waals surface area contributed by atoms with Gasteiger partial charge >= 0.3 is 0 Å². The number of benzene rings is 1. The summed E-state index contributed by atoms with van der Waals surface area (Å²) in [6, 6.07) is 8.16. The van der Waals surface area contributed by atoms with Crippen molar-refractivity contribution in [2.24, 2.45) is 4.74 Å². The van der Waals surface area contributed by atoms with Crippen molar-refractivity contribution in [2.45, 2.75) is 6.92 Å². The Hall–Kier alpha value is -0.550. The van der Waals surface area contributed by atoms with Crippen molar-refractivity contribution in [1.29, 1.82) is 0 Å². The minimum absolute atomic E-state index is 1.05. The quantitative estimate of drug-likeness (QED) is 0.530. The standard InChI is InChI=1S/C7H10NP/c1-6-2-4-7(8-9)5-3-6/h2-5H,1,9H3. The van der Waals surface area contributed by atoms with Crippen molar-refractivity contribution in [3.8, 4) is 0 Å². The average Bonchev–Trinajstić information content (AvgIpc) is 1.90. The van der Waals surface area contributed by atoms with Crippen LogP contribution in [0, 0.1) is 6.92 Å². The van der Waals surface area contributed by atoms with Crippen LogP contribution in [0.4, 0.5) is 5.69 Å². The van der Waals surface area contributed by atoms with Gasteiger partial charge in [0.1, 0.15) is 0 Å². The molecule has 1 rings (SSSR count). The normalized spacial score (nSPS) is 9.44. The van der Waals surface area contributed by atoms with Gasteiger partial charge < -0.3 is 0 Å². The monoisotopic (exact) mass is 139 g/mol. The van der Waals surface area contributed by atoms with Gasteiger partial charge in [0.15, 0.2) is 0 Å². The van der Waals surface area contributed by atoms with Crippen molar-refractivity contribution < 1.29 is 0 Å². The molecular weight excluding hydrogens is 129 g/mol. The Kier molecular flexibility index (Phi) is 2.07. The smallest absolute Gasteiger partial charge is 0.0604 e. The van der Waals surface area contributed by atoms with E-state index in [2.05, 4.69) is 23.8 Å². The molecule has 0 heterocycles. The van der Waals surface area contributed by atoms with Gasteiger partial charge in [0.25, 0.3) is 0 Å². The molecule has 1 nitrogen and oxygen atoms in total. The summed E-state index contributed by atoms with van der Waals surface area (Å²) in [4.78, 5) is 0. The maximum atomic E-state index is 4.04. The van der Waals surface area contributed by atoms with Gasteiger partial charge in [-0.15, -0.1) is 0 Å². The highest BCUT2D eigenvalue weighted by molar-refractivity contribution is 7.04. The average molecular weight is 139 g/mol. The van der Waals surface area contributed by atoms with Gasteiger partial charge in [-0.3, -0.25) is 4.74 Å². The molecule has 0 spiro atoms. The Balaban J connectivity index is 3.01. The molecule has 9 heavy (non-hydrogen) atoms. The van der Waals surface area contributed by atoms with Crippen LogP contribution in [0.3, 0.4) is 0 Å². The summed E-state index contributed by atoms with van der Waals surface area (Å²) >= 11 is 0. The van der Waals surface area contributed by atoms with Crippen LogP contribution < -0.4 is 0 Å². The van der Waals surface area contributed by atoms with Crippen LogP contribution in [-0.4, -0.2) is 0 Å². The number of rotatable bonds is 1. The number of hydrogen-bond donors (Lipinski definition) is 0. The fourth-order valence-electron chi connectivity index (χ4n) is 0.650. The topological polar surface area (TPSA) is 12.4 Å². The molecule has 0 N–H and O–H groups in total. The van der Waals surface area contributed by atoms with Crippen LogP contribution in [0.1, 0.15) is 5.56 Å². The van der Waals surface area contributed by atoms with Crippen LogP contribution in [0.5, 0.6) is 0 Å². The molecule has 1 unspecified atom stereocenters. The van der Waals surface area contributed by atoms with Crippen LogP contribution in [0.2, 0.25) is 0 Å². The van der Waals surface area contributed by atoms with E-state index >= 15 is 0 Å².